The predicted molar refractivity (Wildman–Crippen MR) is 117 cm³/mol. The van der Waals surface area contributed by atoms with E-state index < -0.39 is 23.3 Å². The summed E-state index contributed by atoms with van der Waals surface area (Å²) in [6.07, 6.45) is 4.67. The molecule has 1 aliphatic carbocycles. The zero-order valence-electron chi connectivity index (χ0n) is 18.3. The number of aromatic hydroxyl groups is 1. The maximum atomic E-state index is 13.0. The summed E-state index contributed by atoms with van der Waals surface area (Å²) in [5.74, 6) is -1.51. The highest BCUT2D eigenvalue weighted by Crippen LogP contribution is 2.24. The Balaban J connectivity index is 1.73. The first-order valence-electron chi connectivity index (χ1n) is 10.6. The number of nitrogens with one attached hydrogen (secondary N) is 2. The van der Waals surface area contributed by atoms with Gasteiger partial charge in [-0.1, -0.05) is 19.9 Å². The first kappa shape index (κ1) is 21.5. The van der Waals surface area contributed by atoms with Crippen LogP contribution in [0.1, 0.15) is 58.7 Å². The van der Waals surface area contributed by atoms with Crippen LogP contribution in [0.15, 0.2) is 29.3 Å². The van der Waals surface area contributed by atoms with E-state index in [0.717, 1.165) is 22.9 Å². The predicted octanol–water partition coefficient (Wildman–Crippen LogP) is 1.38. The Morgan fingerprint density at radius 3 is 2.59 bits per heavy atom. The molecule has 10 heteroatoms. The lowest BCUT2D eigenvalue weighted by atomic mass is 10.2. The molecule has 3 N–H and O–H groups in total. The topological polar surface area (TPSA) is 131 Å². The van der Waals surface area contributed by atoms with Crippen LogP contribution in [-0.4, -0.2) is 42.1 Å². The number of nitrogens with zero attached hydrogens (tertiary/aromatic N) is 4. The monoisotopic (exact) mass is 438 g/mol. The van der Waals surface area contributed by atoms with E-state index in [1.165, 1.54) is 10.8 Å². The Labute approximate surface area is 184 Å². The smallest absolute Gasteiger partial charge is 0.291 e. The lowest BCUT2D eigenvalue weighted by Gasteiger charge is -2.17. The Morgan fingerprint density at radius 2 is 1.97 bits per heavy atom. The number of aryl methyl sites for hydroxylation is 1. The van der Waals surface area contributed by atoms with Gasteiger partial charge in [0.2, 0.25) is 5.88 Å². The van der Waals surface area contributed by atoms with Crippen LogP contribution in [0.4, 0.5) is 0 Å². The van der Waals surface area contributed by atoms with Gasteiger partial charge in [0.15, 0.2) is 11.2 Å². The van der Waals surface area contributed by atoms with Crippen LogP contribution in [0.25, 0.3) is 5.65 Å². The Hall–Kier alpha value is -3.69. The second-order valence-electron chi connectivity index (χ2n) is 8.56. The minimum Gasteiger partial charge on any atom is -0.494 e. The molecular formula is C22H26N6O4. The van der Waals surface area contributed by atoms with E-state index in [1.54, 1.807) is 6.20 Å². The van der Waals surface area contributed by atoms with Gasteiger partial charge in [0.1, 0.15) is 5.56 Å². The van der Waals surface area contributed by atoms with Crippen molar-refractivity contribution in [3.8, 4) is 5.88 Å². The highest BCUT2D eigenvalue weighted by atomic mass is 16.3. The van der Waals surface area contributed by atoms with Crippen molar-refractivity contribution >= 4 is 17.5 Å². The zero-order valence-corrected chi connectivity index (χ0v) is 18.3. The average molecular weight is 438 g/mol. The van der Waals surface area contributed by atoms with Crippen LogP contribution in [0, 0.1) is 12.8 Å². The first-order valence-corrected chi connectivity index (χ1v) is 10.6. The molecule has 1 saturated carbocycles. The molecule has 0 aliphatic heterocycles. The summed E-state index contributed by atoms with van der Waals surface area (Å²) in [7, 11) is 0. The van der Waals surface area contributed by atoms with Crippen molar-refractivity contribution in [3.63, 3.8) is 0 Å². The van der Waals surface area contributed by atoms with E-state index in [-0.39, 0.29) is 41.8 Å². The maximum absolute atomic E-state index is 13.0. The van der Waals surface area contributed by atoms with Gasteiger partial charge in [-0.2, -0.15) is 9.61 Å². The van der Waals surface area contributed by atoms with Gasteiger partial charge in [0, 0.05) is 18.8 Å². The molecular weight excluding hydrogens is 412 g/mol. The van der Waals surface area contributed by atoms with Crippen molar-refractivity contribution in [2.24, 2.45) is 5.92 Å². The van der Waals surface area contributed by atoms with Crippen molar-refractivity contribution in [3.05, 3.63) is 57.3 Å². The molecule has 0 unspecified atom stereocenters. The number of carbonyl (C=O) groups excluding carboxylic acids is 2. The lowest BCUT2D eigenvalue weighted by Crippen LogP contribution is -2.35. The maximum Gasteiger partial charge on any atom is 0.291 e. The minimum absolute atomic E-state index is 0.0184. The van der Waals surface area contributed by atoms with E-state index >= 15 is 0 Å². The van der Waals surface area contributed by atoms with Crippen LogP contribution >= 0.6 is 0 Å². The summed E-state index contributed by atoms with van der Waals surface area (Å²) in [6.45, 7) is 6.26. The van der Waals surface area contributed by atoms with Gasteiger partial charge < -0.3 is 15.7 Å². The molecule has 0 atom stereocenters. The SMILES string of the molecule is Cc1ccc(CNC(=O)c2cnn3c(=O)c(C(=O)NC4CC4)c(O)n(CC(C)C)c23)nc1. The summed E-state index contributed by atoms with van der Waals surface area (Å²) in [4.78, 5) is 42.8. The van der Waals surface area contributed by atoms with Crippen LogP contribution in [-0.2, 0) is 13.1 Å². The number of fused-ring (bicyclic) bond motifs is 1. The van der Waals surface area contributed by atoms with Gasteiger partial charge in [-0.05, 0) is 37.3 Å². The van der Waals surface area contributed by atoms with Crippen molar-refractivity contribution < 1.29 is 14.7 Å². The highest BCUT2D eigenvalue weighted by molar-refractivity contribution is 6.01. The molecule has 1 aliphatic rings. The Kier molecular flexibility index (Phi) is 5.68. The lowest BCUT2D eigenvalue weighted by molar-refractivity contribution is 0.0940. The van der Waals surface area contributed by atoms with Gasteiger partial charge in [0.05, 0.1) is 18.4 Å². The van der Waals surface area contributed by atoms with Gasteiger partial charge in [-0.25, -0.2) is 0 Å². The number of pyridine rings is 1. The number of amides is 2. The summed E-state index contributed by atoms with van der Waals surface area (Å²) in [5.41, 5.74) is 0.816. The quantitative estimate of drug-likeness (QED) is 0.511. The third-order valence-electron chi connectivity index (χ3n) is 5.22. The molecule has 3 heterocycles. The van der Waals surface area contributed by atoms with E-state index in [1.807, 2.05) is 32.9 Å². The van der Waals surface area contributed by atoms with Crippen molar-refractivity contribution in [1.29, 1.82) is 0 Å². The molecule has 3 aromatic heterocycles. The van der Waals surface area contributed by atoms with Gasteiger partial charge in [0.25, 0.3) is 17.4 Å². The number of hydrogen-bond donors (Lipinski definition) is 3. The van der Waals surface area contributed by atoms with E-state index in [4.69, 9.17) is 0 Å². The van der Waals surface area contributed by atoms with Crippen molar-refractivity contribution in [1.82, 2.24) is 29.8 Å². The second-order valence-corrected chi connectivity index (χ2v) is 8.56. The standard InChI is InChI=1S/C22H26N6O4/c1-12(2)11-27-20-16(18(29)24-9-15-5-4-13(3)8-23-15)10-25-28(20)22(32)17(21(27)31)19(30)26-14-6-7-14/h4-5,8,10,12,14,31H,6-7,9,11H2,1-3H3,(H,24,29)(H,26,30). The second kappa shape index (κ2) is 8.45. The van der Waals surface area contributed by atoms with Crippen LogP contribution in [0.2, 0.25) is 0 Å². The Morgan fingerprint density at radius 1 is 1.22 bits per heavy atom. The molecule has 4 rings (SSSR count). The third-order valence-corrected chi connectivity index (χ3v) is 5.22. The van der Waals surface area contributed by atoms with Gasteiger partial charge >= 0.3 is 0 Å². The highest BCUT2D eigenvalue weighted by Gasteiger charge is 2.30. The molecule has 0 aromatic carbocycles. The zero-order chi connectivity index (χ0) is 23.0. The average Bonchev–Trinajstić information content (AvgIpc) is 3.44. The molecule has 32 heavy (non-hydrogen) atoms. The molecule has 0 saturated heterocycles. The van der Waals surface area contributed by atoms with Crippen LogP contribution < -0.4 is 16.2 Å². The molecule has 0 radical (unpaired) electrons. The number of hydrogen-bond acceptors (Lipinski definition) is 6. The molecule has 0 spiro atoms. The fourth-order valence-corrected chi connectivity index (χ4v) is 3.44. The number of carbonyl (C=O) groups is 2. The normalized spacial score (nSPS) is 13.5. The van der Waals surface area contributed by atoms with E-state index in [0.29, 0.717) is 5.69 Å². The number of rotatable bonds is 7. The van der Waals surface area contributed by atoms with E-state index in [9.17, 15) is 19.5 Å². The van der Waals surface area contributed by atoms with Crippen molar-refractivity contribution in [2.75, 3.05) is 0 Å². The van der Waals surface area contributed by atoms with Gasteiger partial charge in [-0.3, -0.25) is 23.9 Å². The largest absolute Gasteiger partial charge is 0.494 e. The fourth-order valence-electron chi connectivity index (χ4n) is 3.44. The number of aromatic nitrogens is 4. The fraction of sp³-hybridized carbons (Fsp3) is 0.409. The summed E-state index contributed by atoms with van der Waals surface area (Å²) in [5, 5.41) is 20.5. The third kappa shape index (κ3) is 4.20. The molecule has 2 amide bonds. The molecule has 0 bridgehead atoms. The van der Waals surface area contributed by atoms with Gasteiger partial charge in [-0.15, -0.1) is 0 Å². The van der Waals surface area contributed by atoms with Crippen LogP contribution in [0.5, 0.6) is 5.88 Å². The van der Waals surface area contributed by atoms with Crippen LogP contribution in [0.3, 0.4) is 0 Å². The Bertz CT molecular complexity index is 1240. The summed E-state index contributed by atoms with van der Waals surface area (Å²) >= 11 is 0. The van der Waals surface area contributed by atoms with E-state index in [2.05, 4.69) is 20.7 Å². The minimum atomic E-state index is -0.769. The first-order chi connectivity index (χ1) is 15.3. The summed E-state index contributed by atoms with van der Waals surface area (Å²) < 4.78 is 2.41. The molecule has 10 nitrogen and oxygen atoms in total. The van der Waals surface area contributed by atoms with Crippen molar-refractivity contribution in [2.45, 2.75) is 52.7 Å². The summed E-state index contributed by atoms with van der Waals surface area (Å²) in [6, 6.07) is 3.73. The molecule has 3 aromatic rings. The molecule has 1 fully saturated rings. The molecule has 168 valence electrons.